The van der Waals surface area contributed by atoms with E-state index in [1.165, 1.54) is 0 Å². The summed E-state index contributed by atoms with van der Waals surface area (Å²) < 4.78 is 2.08. The number of benzene rings is 1. The number of nitrogens with zero attached hydrogens (tertiary/aromatic N) is 2. The van der Waals surface area contributed by atoms with E-state index < -0.39 is 0 Å². The van der Waals surface area contributed by atoms with Gasteiger partial charge in [-0.05, 0) is 31.5 Å². The van der Waals surface area contributed by atoms with E-state index in [-0.39, 0.29) is 0 Å². The zero-order valence-corrected chi connectivity index (χ0v) is 11.9. The van der Waals surface area contributed by atoms with Crippen LogP contribution in [0.15, 0.2) is 24.4 Å². The van der Waals surface area contributed by atoms with Crippen molar-refractivity contribution in [3.63, 3.8) is 0 Å². The fourth-order valence-electron chi connectivity index (χ4n) is 1.77. The fourth-order valence-corrected chi connectivity index (χ4v) is 2.22. The Morgan fingerprint density at radius 1 is 1.33 bits per heavy atom. The lowest BCUT2D eigenvalue weighted by atomic mass is 10.3. The van der Waals surface area contributed by atoms with Crippen LogP contribution in [0.25, 0.3) is 0 Å². The predicted molar refractivity (Wildman–Crippen MR) is 77.0 cm³/mol. The quantitative estimate of drug-likeness (QED) is 0.885. The first-order chi connectivity index (χ1) is 8.60. The smallest absolute Gasteiger partial charge is 0.207 e. The molecule has 0 unspecified atom stereocenters. The van der Waals surface area contributed by atoms with Gasteiger partial charge in [0.15, 0.2) is 0 Å². The highest BCUT2D eigenvalue weighted by molar-refractivity contribution is 6.36. The van der Waals surface area contributed by atoms with Crippen molar-refractivity contribution in [3.05, 3.63) is 40.1 Å². The lowest BCUT2D eigenvalue weighted by Gasteiger charge is -2.10. The number of imidazole rings is 1. The zero-order chi connectivity index (χ0) is 13.1. The van der Waals surface area contributed by atoms with Gasteiger partial charge in [0.1, 0.15) is 0 Å². The highest BCUT2D eigenvalue weighted by Crippen LogP contribution is 2.28. The van der Waals surface area contributed by atoms with E-state index in [4.69, 9.17) is 23.2 Å². The number of nitrogens with one attached hydrogen (secondary N) is 1. The molecule has 2 aromatic rings. The number of anilines is 2. The van der Waals surface area contributed by atoms with Crippen molar-refractivity contribution in [1.82, 2.24) is 9.55 Å². The predicted octanol–water partition coefficient (Wildman–Crippen LogP) is 4.65. The minimum absolute atomic E-state index is 0.589. The average Bonchev–Trinajstić information content (AvgIpc) is 2.64. The lowest BCUT2D eigenvalue weighted by Crippen LogP contribution is -2.02. The van der Waals surface area contributed by atoms with E-state index in [1.54, 1.807) is 12.1 Å². The molecule has 1 N–H and O–H groups in total. The van der Waals surface area contributed by atoms with Gasteiger partial charge in [-0.1, -0.05) is 30.1 Å². The second-order valence-electron chi connectivity index (χ2n) is 4.15. The van der Waals surface area contributed by atoms with Gasteiger partial charge in [0, 0.05) is 17.8 Å². The molecule has 0 bridgehead atoms. The second-order valence-corrected chi connectivity index (χ2v) is 4.99. The lowest BCUT2D eigenvalue weighted by molar-refractivity contribution is 0.686. The van der Waals surface area contributed by atoms with Crippen molar-refractivity contribution in [1.29, 1.82) is 0 Å². The summed E-state index contributed by atoms with van der Waals surface area (Å²) in [4.78, 5) is 4.45. The molecule has 96 valence electrons. The third kappa shape index (κ3) is 2.98. The number of halogens is 2. The van der Waals surface area contributed by atoms with Crippen LogP contribution < -0.4 is 5.32 Å². The summed E-state index contributed by atoms with van der Waals surface area (Å²) in [5.41, 5.74) is 1.79. The largest absolute Gasteiger partial charge is 0.324 e. The van der Waals surface area contributed by atoms with Crippen molar-refractivity contribution >= 4 is 34.8 Å². The molecular weight excluding hydrogens is 269 g/mol. The van der Waals surface area contributed by atoms with Crippen LogP contribution in [-0.2, 0) is 6.54 Å². The van der Waals surface area contributed by atoms with E-state index >= 15 is 0 Å². The molecule has 18 heavy (non-hydrogen) atoms. The van der Waals surface area contributed by atoms with Crippen LogP contribution >= 0.6 is 23.2 Å². The van der Waals surface area contributed by atoms with Gasteiger partial charge < -0.3 is 9.88 Å². The second kappa shape index (κ2) is 5.63. The molecule has 2 rings (SSSR count). The third-order valence-electron chi connectivity index (χ3n) is 2.54. The van der Waals surface area contributed by atoms with Crippen molar-refractivity contribution in [3.8, 4) is 0 Å². The summed E-state index contributed by atoms with van der Waals surface area (Å²) in [6.45, 7) is 5.03. The summed E-state index contributed by atoms with van der Waals surface area (Å²) in [5.74, 6) is 0.804. The summed E-state index contributed by atoms with van der Waals surface area (Å²) in [7, 11) is 0. The van der Waals surface area contributed by atoms with Gasteiger partial charge in [-0.25, -0.2) is 4.98 Å². The maximum Gasteiger partial charge on any atom is 0.207 e. The molecular formula is C13H15Cl2N3. The summed E-state index contributed by atoms with van der Waals surface area (Å²) in [6, 6.07) is 5.37. The van der Waals surface area contributed by atoms with Crippen molar-refractivity contribution in [2.45, 2.75) is 26.8 Å². The first kappa shape index (κ1) is 13.2. The molecule has 0 amide bonds. The first-order valence-corrected chi connectivity index (χ1v) is 6.61. The number of hydrogen-bond acceptors (Lipinski definition) is 2. The molecule has 0 radical (unpaired) electrons. The van der Waals surface area contributed by atoms with Gasteiger partial charge >= 0.3 is 0 Å². The Morgan fingerprint density at radius 3 is 2.78 bits per heavy atom. The molecule has 0 atom stereocenters. The number of rotatable bonds is 4. The molecule has 1 aromatic heterocycles. The molecule has 0 aliphatic carbocycles. The van der Waals surface area contributed by atoms with Gasteiger partial charge in [-0.15, -0.1) is 0 Å². The minimum atomic E-state index is 0.589. The van der Waals surface area contributed by atoms with Gasteiger partial charge in [-0.2, -0.15) is 0 Å². The van der Waals surface area contributed by atoms with E-state index in [0.717, 1.165) is 30.3 Å². The Bertz CT molecular complexity index is 549. The molecule has 5 heteroatoms. The third-order valence-corrected chi connectivity index (χ3v) is 3.09. The zero-order valence-electron chi connectivity index (χ0n) is 10.4. The van der Waals surface area contributed by atoms with Crippen LogP contribution in [0.5, 0.6) is 0 Å². The van der Waals surface area contributed by atoms with Gasteiger partial charge in [0.25, 0.3) is 0 Å². The fraction of sp³-hybridized carbons (Fsp3) is 0.308. The number of aryl methyl sites for hydroxylation is 2. The maximum atomic E-state index is 6.13. The molecule has 0 aliphatic heterocycles. The van der Waals surface area contributed by atoms with Crippen LogP contribution in [0.2, 0.25) is 10.0 Å². The van der Waals surface area contributed by atoms with E-state index in [9.17, 15) is 0 Å². The average molecular weight is 284 g/mol. The Labute approximate surface area is 117 Å². The minimum Gasteiger partial charge on any atom is -0.324 e. The van der Waals surface area contributed by atoms with E-state index in [0.29, 0.717) is 10.0 Å². The highest BCUT2D eigenvalue weighted by atomic mass is 35.5. The Morgan fingerprint density at radius 2 is 2.11 bits per heavy atom. The van der Waals surface area contributed by atoms with Crippen LogP contribution in [-0.4, -0.2) is 9.55 Å². The topological polar surface area (TPSA) is 29.9 Å². The van der Waals surface area contributed by atoms with Gasteiger partial charge in [0.2, 0.25) is 5.95 Å². The first-order valence-electron chi connectivity index (χ1n) is 5.86. The summed E-state index contributed by atoms with van der Waals surface area (Å²) in [5, 5.41) is 4.45. The van der Waals surface area contributed by atoms with Gasteiger partial charge in [0.05, 0.1) is 16.4 Å². The molecule has 0 aliphatic rings. The van der Waals surface area contributed by atoms with Gasteiger partial charge in [-0.3, -0.25) is 0 Å². The Hall–Kier alpha value is -1.19. The Kier molecular flexibility index (Phi) is 4.15. The van der Waals surface area contributed by atoms with Crippen LogP contribution in [0.1, 0.15) is 19.0 Å². The molecule has 1 heterocycles. The maximum absolute atomic E-state index is 6.13. The van der Waals surface area contributed by atoms with E-state index in [1.807, 2.05) is 19.2 Å². The van der Waals surface area contributed by atoms with E-state index in [2.05, 4.69) is 21.8 Å². The summed E-state index contributed by atoms with van der Waals surface area (Å²) >= 11 is 12.0. The SMILES string of the molecule is CCCn1cc(C)nc1Nc1ccc(Cl)cc1Cl. The number of aromatic nitrogens is 2. The summed E-state index contributed by atoms with van der Waals surface area (Å²) in [6.07, 6.45) is 3.08. The van der Waals surface area contributed by atoms with Crippen molar-refractivity contribution in [2.75, 3.05) is 5.32 Å². The monoisotopic (exact) mass is 283 g/mol. The van der Waals surface area contributed by atoms with Crippen molar-refractivity contribution < 1.29 is 0 Å². The standard InChI is InChI=1S/C13H15Cl2N3/c1-3-6-18-8-9(2)16-13(18)17-12-5-4-10(14)7-11(12)15/h4-5,7-8H,3,6H2,1-2H3,(H,16,17). The molecule has 1 aromatic carbocycles. The van der Waals surface area contributed by atoms with Crippen LogP contribution in [0.4, 0.5) is 11.6 Å². The van der Waals surface area contributed by atoms with Crippen LogP contribution in [0, 0.1) is 6.92 Å². The molecule has 0 spiro atoms. The Balaban J connectivity index is 2.27. The molecule has 0 saturated heterocycles. The molecule has 0 fully saturated rings. The highest BCUT2D eigenvalue weighted by Gasteiger charge is 2.07. The normalized spacial score (nSPS) is 10.7. The number of hydrogen-bond donors (Lipinski definition) is 1. The molecule has 0 saturated carbocycles. The van der Waals surface area contributed by atoms with Crippen molar-refractivity contribution in [2.24, 2.45) is 0 Å². The van der Waals surface area contributed by atoms with Crippen LogP contribution in [0.3, 0.4) is 0 Å². The molecule has 3 nitrogen and oxygen atoms in total.